The molecular weight excluding hydrogens is 293 g/mol. The normalized spacial score (nSPS) is 11.4. The zero-order valence-corrected chi connectivity index (χ0v) is 11.0. The van der Waals surface area contributed by atoms with E-state index in [-0.39, 0.29) is 10.7 Å². The van der Waals surface area contributed by atoms with Gasteiger partial charge < -0.3 is 5.11 Å². The summed E-state index contributed by atoms with van der Waals surface area (Å²) in [4.78, 5) is 13.9. The predicted octanol–water partition coefficient (Wildman–Crippen LogP) is 1.95. The van der Waals surface area contributed by atoms with Crippen LogP contribution in [0.1, 0.15) is 15.5 Å². The van der Waals surface area contributed by atoms with Crippen LogP contribution in [-0.4, -0.2) is 24.5 Å². The molecule has 8 heteroatoms. The van der Waals surface area contributed by atoms with E-state index in [1.165, 1.54) is 17.5 Å². The first kappa shape index (κ1) is 13.6. The number of aromatic nitrogens is 1. The van der Waals surface area contributed by atoms with Crippen molar-refractivity contribution in [2.45, 2.75) is 10.6 Å². The molecule has 2 rings (SSSR count). The summed E-state index contributed by atoms with van der Waals surface area (Å²) in [6.45, 7) is 0. The number of carboxylic acid groups (broad SMARTS) is 1. The number of carboxylic acids is 1. The van der Waals surface area contributed by atoms with Gasteiger partial charge in [-0.2, -0.15) is 0 Å². The van der Waals surface area contributed by atoms with E-state index in [1.807, 2.05) is 0 Å². The number of benzene rings is 1. The maximum absolute atomic E-state index is 13.4. The van der Waals surface area contributed by atoms with Crippen molar-refractivity contribution in [2.75, 3.05) is 0 Å². The molecule has 0 aliphatic rings. The molecule has 0 spiro atoms. The van der Waals surface area contributed by atoms with Gasteiger partial charge in [0, 0.05) is 5.38 Å². The van der Waals surface area contributed by atoms with Gasteiger partial charge in [-0.15, -0.1) is 11.3 Å². The summed E-state index contributed by atoms with van der Waals surface area (Å²) in [5.74, 6) is -2.59. The maximum Gasteiger partial charge on any atom is 0.365 e. The zero-order valence-electron chi connectivity index (χ0n) is 9.41. The van der Waals surface area contributed by atoms with Gasteiger partial charge in [-0.1, -0.05) is 12.1 Å². The number of thiazole rings is 1. The Balaban J connectivity index is 2.31. The lowest BCUT2D eigenvalue weighted by Crippen LogP contribution is -2.08. The molecule has 0 amide bonds. The third-order valence-corrected chi connectivity index (χ3v) is 4.80. The average Bonchev–Trinajstić information content (AvgIpc) is 2.77. The lowest BCUT2D eigenvalue weighted by Gasteiger charge is -2.03. The number of halogens is 1. The van der Waals surface area contributed by atoms with Crippen molar-refractivity contribution < 1.29 is 22.7 Å². The summed E-state index contributed by atoms with van der Waals surface area (Å²) in [5, 5.41) is 9.84. The molecule has 0 saturated carbocycles. The molecule has 1 aromatic carbocycles. The Hall–Kier alpha value is -1.80. The third kappa shape index (κ3) is 2.96. The smallest absolute Gasteiger partial charge is 0.365 e. The molecule has 1 N–H and O–H groups in total. The first-order valence-corrected chi connectivity index (χ1v) is 7.58. The third-order valence-electron chi connectivity index (χ3n) is 2.24. The van der Waals surface area contributed by atoms with E-state index < -0.39 is 32.3 Å². The van der Waals surface area contributed by atoms with Gasteiger partial charge in [-0.3, -0.25) is 0 Å². The Kier molecular flexibility index (Phi) is 3.63. The minimum absolute atomic E-state index is 0.0886. The minimum atomic E-state index is -3.88. The number of aromatic carboxylic acids is 1. The second-order valence-corrected chi connectivity index (χ2v) is 6.45. The molecule has 19 heavy (non-hydrogen) atoms. The highest BCUT2D eigenvalue weighted by Crippen LogP contribution is 2.20. The van der Waals surface area contributed by atoms with Gasteiger partial charge in [-0.05, 0) is 12.1 Å². The number of nitrogens with zero attached hydrogens (tertiary/aromatic N) is 1. The molecular formula is C11H8FNO4S2. The molecule has 0 radical (unpaired) electrons. The van der Waals surface area contributed by atoms with Crippen LogP contribution in [0, 0.1) is 5.82 Å². The van der Waals surface area contributed by atoms with E-state index in [2.05, 4.69) is 4.98 Å². The summed E-state index contributed by atoms with van der Waals surface area (Å²) >= 11 is 0.829. The predicted molar refractivity (Wildman–Crippen MR) is 66.4 cm³/mol. The highest BCUT2D eigenvalue weighted by Gasteiger charge is 2.21. The maximum atomic E-state index is 13.4. The molecule has 0 saturated heterocycles. The van der Waals surface area contributed by atoms with Crippen molar-refractivity contribution in [2.24, 2.45) is 0 Å². The van der Waals surface area contributed by atoms with E-state index >= 15 is 0 Å². The van der Waals surface area contributed by atoms with Crippen LogP contribution in [0.3, 0.4) is 0 Å². The lowest BCUT2D eigenvalue weighted by molar-refractivity contribution is 0.0696. The monoisotopic (exact) mass is 301 g/mol. The number of rotatable bonds is 4. The fraction of sp³-hybridized carbons (Fsp3) is 0.0909. The Bertz CT molecular complexity index is 724. The summed E-state index contributed by atoms with van der Waals surface area (Å²) < 4.78 is 37.4. The Morgan fingerprint density at radius 1 is 1.37 bits per heavy atom. The summed E-state index contributed by atoms with van der Waals surface area (Å²) in [6.07, 6.45) is 0. The summed E-state index contributed by atoms with van der Waals surface area (Å²) in [7, 11) is -3.88. The fourth-order valence-corrected chi connectivity index (χ4v) is 3.54. The van der Waals surface area contributed by atoms with Crippen LogP contribution in [0.15, 0.2) is 34.5 Å². The van der Waals surface area contributed by atoms with Crippen molar-refractivity contribution >= 4 is 27.1 Å². The van der Waals surface area contributed by atoms with Gasteiger partial charge >= 0.3 is 5.97 Å². The Morgan fingerprint density at radius 2 is 2.05 bits per heavy atom. The van der Waals surface area contributed by atoms with Gasteiger partial charge in [0.05, 0.1) is 11.4 Å². The summed E-state index contributed by atoms with van der Waals surface area (Å²) in [5.41, 5.74) is 0.0886. The fourth-order valence-electron chi connectivity index (χ4n) is 1.44. The van der Waals surface area contributed by atoms with Crippen LogP contribution in [0.2, 0.25) is 0 Å². The highest BCUT2D eigenvalue weighted by atomic mass is 32.2. The lowest BCUT2D eigenvalue weighted by atomic mass is 10.3. The standard InChI is InChI=1S/C11H8FNO4S2/c12-8-3-1-2-4-9(8)19(16,17)6-7-5-18-10(13-7)11(14)15/h1-5H,6H2,(H,14,15). The van der Waals surface area contributed by atoms with E-state index in [0.29, 0.717) is 0 Å². The molecule has 0 unspecified atom stereocenters. The van der Waals surface area contributed by atoms with Gasteiger partial charge in [0.1, 0.15) is 10.7 Å². The first-order valence-electron chi connectivity index (χ1n) is 5.05. The second-order valence-electron chi connectivity index (χ2n) is 3.64. The van der Waals surface area contributed by atoms with Crippen LogP contribution in [-0.2, 0) is 15.6 Å². The molecule has 1 heterocycles. The zero-order chi connectivity index (χ0) is 14.0. The van der Waals surface area contributed by atoms with Crippen molar-refractivity contribution in [1.82, 2.24) is 4.98 Å². The largest absolute Gasteiger partial charge is 0.476 e. The Morgan fingerprint density at radius 3 is 2.63 bits per heavy atom. The molecule has 1 aromatic heterocycles. The van der Waals surface area contributed by atoms with Gasteiger partial charge in [0.15, 0.2) is 9.84 Å². The molecule has 0 atom stereocenters. The minimum Gasteiger partial charge on any atom is -0.476 e. The molecule has 5 nitrogen and oxygen atoms in total. The quantitative estimate of drug-likeness (QED) is 0.933. The molecule has 0 fully saturated rings. The molecule has 0 aliphatic heterocycles. The average molecular weight is 301 g/mol. The van der Waals surface area contributed by atoms with E-state index in [0.717, 1.165) is 23.5 Å². The topological polar surface area (TPSA) is 84.3 Å². The van der Waals surface area contributed by atoms with Crippen LogP contribution >= 0.6 is 11.3 Å². The van der Waals surface area contributed by atoms with E-state index in [9.17, 15) is 17.6 Å². The SMILES string of the molecule is O=C(O)c1nc(CS(=O)(=O)c2ccccc2F)cs1. The number of sulfone groups is 1. The van der Waals surface area contributed by atoms with Gasteiger partial charge in [0.2, 0.25) is 5.01 Å². The first-order chi connectivity index (χ1) is 8.90. The Labute approximate surface area is 112 Å². The molecule has 100 valence electrons. The van der Waals surface area contributed by atoms with Crippen LogP contribution in [0.4, 0.5) is 4.39 Å². The number of hydrogen-bond acceptors (Lipinski definition) is 5. The summed E-state index contributed by atoms with van der Waals surface area (Å²) in [6, 6.07) is 5.02. The van der Waals surface area contributed by atoms with Gasteiger partial charge in [-0.25, -0.2) is 22.6 Å². The van der Waals surface area contributed by atoms with Crippen molar-refractivity contribution in [3.05, 3.63) is 46.2 Å². The molecule has 0 aliphatic carbocycles. The molecule has 0 bridgehead atoms. The van der Waals surface area contributed by atoms with Crippen molar-refractivity contribution in [3.63, 3.8) is 0 Å². The van der Waals surface area contributed by atoms with Gasteiger partial charge in [0.25, 0.3) is 0 Å². The molecule has 2 aromatic rings. The van der Waals surface area contributed by atoms with Crippen molar-refractivity contribution in [1.29, 1.82) is 0 Å². The number of hydrogen-bond donors (Lipinski definition) is 1. The van der Waals surface area contributed by atoms with Crippen LogP contribution in [0.25, 0.3) is 0 Å². The van der Waals surface area contributed by atoms with Crippen molar-refractivity contribution in [3.8, 4) is 0 Å². The highest BCUT2D eigenvalue weighted by molar-refractivity contribution is 7.90. The number of carbonyl (C=O) groups is 1. The second kappa shape index (κ2) is 5.06. The van der Waals surface area contributed by atoms with Crippen LogP contribution < -0.4 is 0 Å². The van der Waals surface area contributed by atoms with E-state index in [4.69, 9.17) is 5.11 Å². The van der Waals surface area contributed by atoms with Crippen LogP contribution in [0.5, 0.6) is 0 Å². The van der Waals surface area contributed by atoms with E-state index in [1.54, 1.807) is 0 Å².